The molecule has 2 aliphatic rings. The van der Waals surface area contributed by atoms with E-state index in [2.05, 4.69) is 25.9 Å². The second-order valence-electron chi connectivity index (χ2n) is 7.10. The first-order valence-corrected chi connectivity index (χ1v) is 9.53. The van der Waals surface area contributed by atoms with Crippen molar-refractivity contribution >= 4 is 22.8 Å². The number of nitrogens with one attached hydrogen (secondary N) is 3. The second-order valence-corrected chi connectivity index (χ2v) is 7.10. The summed E-state index contributed by atoms with van der Waals surface area (Å²) in [6.07, 6.45) is 3.03. The number of anilines is 1. The predicted molar refractivity (Wildman–Crippen MR) is 102 cm³/mol. The normalized spacial score (nSPS) is 19.5. The van der Waals surface area contributed by atoms with Gasteiger partial charge >= 0.3 is 0 Å². The Labute approximate surface area is 153 Å². The number of carbonyl (C=O) groups is 1. The van der Waals surface area contributed by atoms with E-state index in [0.717, 1.165) is 75.4 Å². The third kappa shape index (κ3) is 3.52. The van der Waals surface area contributed by atoms with Crippen LogP contribution in [0.25, 0.3) is 11.0 Å². The van der Waals surface area contributed by atoms with Crippen LogP contribution in [0.2, 0.25) is 0 Å². The standard InChI is InChI=1S/C18H27N7O/c1-24-17-14(3-4-15(22-17)25-11-2-7-19-10-12-25)16(23-24)18(26)21-13-5-8-20-9-6-13/h3-4,13,19-20H,2,5-12H2,1H3,(H,21,26). The predicted octanol–water partition coefficient (Wildman–Crippen LogP) is 0.250. The summed E-state index contributed by atoms with van der Waals surface area (Å²) in [4.78, 5) is 19.8. The number of rotatable bonds is 3. The molecular weight excluding hydrogens is 330 g/mol. The van der Waals surface area contributed by atoms with Crippen LogP contribution in [0.5, 0.6) is 0 Å². The minimum Gasteiger partial charge on any atom is -0.355 e. The van der Waals surface area contributed by atoms with Crippen LogP contribution in [0.15, 0.2) is 12.1 Å². The number of aromatic nitrogens is 3. The lowest BCUT2D eigenvalue weighted by molar-refractivity contribution is 0.0925. The maximum Gasteiger partial charge on any atom is 0.272 e. The van der Waals surface area contributed by atoms with Crippen LogP contribution in [0.3, 0.4) is 0 Å². The lowest BCUT2D eigenvalue weighted by Gasteiger charge is -2.23. The van der Waals surface area contributed by atoms with Crippen molar-refractivity contribution in [2.75, 3.05) is 44.2 Å². The molecular formula is C18H27N7O. The summed E-state index contributed by atoms with van der Waals surface area (Å²) in [6.45, 7) is 5.85. The fourth-order valence-electron chi connectivity index (χ4n) is 3.76. The van der Waals surface area contributed by atoms with Crippen LogP contribution in [-0.4, -0.2) is 66.0 Å². The summed E-state index contributed by atoms with van der Waals surface area (Å²) in [5.41, 5.74) is 1.23. The van der Waals surface area contributed by atoms with E-state index in [1.165, 1.54) is 0 Å². The molecule has 3 N–H and O–H groups in total. The van der Waals surface area contributed by atoms with Crippen molar-refractivity contribution < 1.29 is 4.79 Å². The third-order valence-electron chi connectivity index (χ3n) is 5.23. The molecule has 2 aliphatic heterocycles. The van der Waals surface area contributed by atoms with Gasteiger partial charge in [-0.1, -0.05) is 0 Å². The third-order valence-corrected chi connectivity index (χ3v) is 5.23. The lowest BCUT2D eigenvalue weighted by atomic mass is 10.1. The van der Waals surface area contributed by atoms with Gasteiger partial charge in [-0.05, 0) is 51.0 Å². The fourth-order valence-corrected chi connectivity index (χ4v) is 3.76. The number of nitrogens with zero attached hydrogens (tertiary/aromatic N) is 4. The number of amides is 1. The highest BCUT2D eigenvalue weighted by Crippen LogP contribution is 2.21. The largest absolute Gasteiger partial charge is 0.355 e. The molecule has 4 heterocycles. The molecule has 140 valence electrons. The van der Waals surface area contributed by atoms with Crippen molar-refractivity contribution in [1.29, 1.82) is 0 Å². The molecule has 0 aliphatic carbocycles. The van der Waals surface area contributed by atoms with E-state index >= 15 is 0 Å². The Bertz CT molecular complexity index is 773. The minimum absolute atomic E-state index is 0.101. The number of piperidine rings is 1. The summed E-state index contributed by atoms with van der Waals surface area (Å²) in [5.74, 6) is 0.852. The molecule has 0 aromatic carbocycles. The Morgan fingerprint density at radius 1 is 1.15 bits per heavy atom. The zero-order valence-electron chi connectivity index (χ0n) is 15.3. The van der Waals surface area contributed by atoms with Crippen molar-refractivity contribution in [3.05, 3.63) is 17.8 Å². The molecule has 0 unspecified atom stereocenters. The molecule has 0 saturated carbocycles. The van der Waals surface area contributed by atoms with E-state index in [1.54, 1.807) is 4.68 Å². The zero-order chi connectivity index (χ0) is 17.9. The molecule has 26 heavy (non-hydrogen) atoms. The van der Waals surface area contributed by atoms with Crippen molar-refractivity contribution in [2.24, 2.45) is 7.05 Å². The van der Waals surface area contributed by atoms with Gasteiger partial charge < -0.3 is 20.9 Å². The van der Waals surface area contributed by atoms with Crippen molar-refractivity contribution in [3.8, 4) is 0 Å². The Kier molecular flexibility index (Phi) is 5.03. The van der Waals surface area contributed by atoms with Gasteiger partial charge in [-0.2, -0.15) is 5.10 Å². The second kappa shape index (κ2) is 7.59. The number of aryl methyl sites for hydroxylation is 1. The van der Waals surface area contributed by atoms with Gasteiger partial charge in [-0.3, -0.25) is 4.79 Å². The van der Waals surface area contributed by atoms with E-state index in [9.17, 15) is 4.79 Å². The van der Waals surface area contributed by atoms with E-state index in [1.807, 2.05) is 19.2 Å². The first-order chi connectivity index (χ1) is 12.7. The molecule has 2 aromatic heterocycles. The van der Waals surface area contributed by atoms with Gasteiger partial charge in [0.2, 0.25) is 0 Å². The number of fused-ring (bicyclic) bond motifs is 1. The van der Waals surface area contributed by atoms with Gasteiger partial charge in [0.15, 0.2) is 11.3 Å². The van der Waals surface area contributed by atoms with E-state index < -0.39 is 0 Å². The summed E-state index contributed by atoms with van der Waals surface area (Å²) in [6, 6.07) is 4.22. The average molecular weight is 357 g/mol. The monoisotopic (exact) mass is 357 g/mol. The molecule has 8 heteroatoms. The molecule has 1 amide bonds. The van der Waals surface area contributed by atoms with Gasteiger partial charge in [0.25, 0.3) is 5.91 Å². The van der Waals surface area contributed by atoms with Gasteiger partial charge in [-0.15, -0.1) is 0 Å². The number of hydrogen-bond donors (Lipinski definition) is 3. The average Bonchev–Trinajstić information content (AvgIpc) is 2.84. The van der Waals surface area contributed by atoms with Crippen molar-refractivity contribution in [2.45, 2.75) is 25.3 Å². The summed E-state index contributed by atoms with van der Waals surface area (Å²) in [7, 11) is 1.85. The molecule has 8 nitrogen and oxygen atoms in total. The van der Waals surface area contributed by atoms with Crippen LogP contribution in [-0.2, 0) is 7.05 Å². The maximum absolute atomic E-state index is 12.7. The first kappa shape index (κ1) is 17.2. The highest BCUT2D eigenvalue weighted by atomic mass is 16.2. The molecule has 2 aromatic rings. The van der Waals surface area contributed by atoms with Crippen LogP contribution in [0, 0.1) is 0 Å². The molecule has 0 bridgehead atoms. The summed E-state index contributed by atoms with van der Waals surface area (Å²) >= 11 is 0. The van der Waals surface area contributed by atoms with E-state index in [4.69, 9.17) is 4.98 Å². The van der Waals surface area contributed by atoms with Gasteiger partial charge in [-0.25, -0.2) is 9.67 Å². The number of hydrogen-bond acceptors (Lipinski definition) is 6. The lowest BCUT2D eigenvalue weighted by Crippen LogP contribution is -2.42. The minimum atomic E-state index is -0.101. The SMILES string of the molecule is Cn1nc(C(=O)NC2CCNCC2)c2ccc(N3CCCNCC3)nc21. The van der Waals surface area contributed by atoms with Crippen LogP contribution >= 0.6 is 0 Å². The summed E-state index contributed by atoms with van der Waals surface area (Å²) in [5, 5.41) is 15.1. The number of carbonyl (C=O) groups excluding carboxylic acids is 1. The highest BCUT2D eigenvalue weighted by molar-refractivity contribution is 6.04. The molecule has 2 saturated heterocycles. The Morgan fingerprint density at radius 2 is 1.96 bits per heavy atom. The Morgan fingerprint density at radius 3 is 2.81 bits per heavy atom. The van der Waals surface area contributed by atoms with E-state index in [0.29, 0.717) is 5.69 Å². The molecule has 0 atom stereocenters. The maximum atomic E-state index is 12.7. The Balaban J connectivity index is 1.57. The van der Waals surface area contributed by atoms with Crippen LogP contribution in [0.1, 0.15) is 29.8 Å². The van der Waals surface area contributed by atoms with Gasteiger partial charge in [0.1, 0.15) is 5.82 Å². The first-order valence-electron chi connectivity index (χ1n) is 9.53. The smallest absolute Gasteiger partial charge is 0.272 e. The molecule has 4 rings (SSSR count). The molecule has 2 fully saturated rings. The zero-order valence-corrected chi connectivity index (χ0v) is 15.3. The van der Waals surface area contributed by atoms with Crippen LogP contribution < -0.4 is 20.9 Å². The Hall–Kier alpha value is -2.19. The quantitative estimate of drug-likeness (QED) is 0.730. The van der Waals surface area contributed by atoms with E-state index in [-0.39, 0.29) is 11.9 Å². The van der Waals surface area contributed by atoms with Crippen LogP contribution in [0.4, 0.5) is 5.82 Å². The van der Waals surface area contributed by atoms with Crippen molar-refractivity contribution in [1.82, 2.24) is 30.7 Å². The topological polar surface area (TPSA) is 87.1 Å². The molecule has 0 spiro atoms. The highest BCUT2D eigenvalue weighted by Gasteiger charge is 2.22. The summed E-state index contributed by atoms with van der Waals surface area (Å²) < 4.78 is 1.71. The van der Waals surface area contributed by atoms with Gasteiger partial charge in [0, 0.05) is 32.7 Å². The number of pyridine rings is 1. The van der Waals surface area contributed by atoms with Crippen molar-refractivity contribution in [3.63, 3.8) is 0 Å². The molecule has 0 radical (unpaired) electrons. The fraction of sp³-hybridized carbons (Fsp3) is 0.611. The van der Waals surface area contributed by atoms with Gasteiger partial charge in [0.05, 0.1) is 5.39 Å².